The molecule has 0 rings (SSSR count). The van der Waals surface area contributed by atoms with E-state index in [0.29, 0.717) is 0 Å². The summed E-state index contributed by atoms with van der Waals surface area (Å²) in [5, 5.41) is 7.52. The molecule has 80 valence electrons. The van der Waals surface area contributed by atoms with Gasteiger partial charge in [0.2, 0.25) is 0 Å². The lowest BCUT2D eigenvalue weighted by atomic mass is 10.4. The third-order valence-corrected chi connectivity index (χ3v) is 3.85. The van der Waals surface area contributed by atoms with Gasteiger partial charge in [-0.15, -0.1) is 0 Å². The van der Waals surface area contributed by atoms with Gasteiger partial charge in [-0.3, -0.25) is 4.79 Å². The minimum absolute atomic E-state index is 0.197. The van der Waals surface area contributed by atoms with Crippen LogP contribution in [-0.4, -0.2) is 32.5 Å². The lowest BCUT2D eigenvalue weighted by Crippen LogP contribution is -2.23. The van der Waals surface area contributed by atoms with Gasteiger partial charge in [-0.05, 0) is 6.42 Å². The van der Waals surface area contributed by atoms with Crippen molar-refractivity contribution in [2.24, 2.45) is 0 Å². The zero-order chi connectivity index (χ0) is 11.2. The summed E-state index contributed by atoms with van der Waals surface area (Å²) in [6.45, 7) is 1.61. The Hall–Kier alpha value is -1.09. The first-order chi connectivity index (χ1) is 6.47. The molecule has 1 atom stereocenters. The van der Waals surface area contributed by atoms with Crippen LogP contribution in [0.1, 0.15) is 19.8 Å². The minimum atomic E-state index is -3.49. The van der Waals surface area contributed by atoms with Gasteiger partial charge in [0.05, 0.1) is 25.4 Å². The Labute approximate surface area is 83.6 Å². The fourth-order valence-electron chi connectivity index (χ4n) is 0.895. The topological polar surface area (TPSA) is 84.2 Å². The van der Waals surface area contributed by atoms with Gasteiger partial charge >= 0.3 is 5.97 Å². The number of esters is 1. The third kappa shape index (κ3) is 3.75. The number of ether oxygens (including phenoxy) is 1. The molecule has 0 aliphatic carbocycles. The number of hydrogen-bond acceptors (Lipinski definition) is 5. The molecule has 0 spiro atoms. The second kappa shape index (κ2) is 5.60. The molecule has 0 aliphatic rings. The third-order valence-electron chi connectivity index (χ3n) is 1.77. The molecular formula is C8H13NO4S. The largest absolute Gasteiger partial charge is 0.469 e. The normalized spacial score (nSPS) is 12.9. The maximum Gasteiger partial charge on any atom is 0.306 e. The quantitative estimate of drug-likeness (QED) is 0.619. The van der Waals surface area contributed by atoms with Crippen LogP contribution in [0.15, 0.2) is 0 Å². The molecular weight excluding hydrogens is 206 g/mol. The highest BCUT2D eigenvalue weighted by atomic mass is 32.2. The number of carbonyl (C=O) groups excluding carboxylic acids is 1. The average Bonchev–Trinajstić information content (AvgIpc) is 2.15. The van der Waals surface area contributed by atoms with Crippen LogP contribution in [0, 0.1) is 11.3 Å². The molecule has 14 heavy (non-hydrogen) atoms. The van der Waals surface area contributed by atoms with Crippen LogP contribution >= 0.6 is 0 Å². The second-order valence-corrected chi connectivity index (χ2v) is 5.02. The van der Waals surface area contributed by atoms with Crippen molar-refractivity contribution in [3.8, 4) is 6.07 Å². The van der Waals surface area contributed by atoms with E-state index >= 15 is 0 Å². The number of nitrogens with zero attached hydrogens (tertiary/aromatic N) is 1. The van der Waals surface area contributed by atoms with Crippen molar-refractivity contribution in [2.45, 2.75) is 25.0 Å². The summed E-state index contributed by atoms with van der Waals surface area (Å²) in [4.78, 5) is 10.7. The highest BCUT2D eigenvalue weighted by molar-refractivity contribution is 7.92. The standard InChI is InChI=1S/C8H13NO4S/c1-3-7(6-9)14(11,12)5-4-8(10)13-2/h7H,3-5H2,1-2H3. The molecule has 1 unspecified atom stereocenters. The first kappa shape index (κ1) is 12.9. The average molecular weight is 219 g/mol. The second-order valence-electron chi connectivity index (χ2n) is 2.72. The molecule has 0 saturated heterocycles. The highest BCUT2D eigenvalue weighted by Crippen LogP contribution is 2.07. The first-order valence-electron chi connectivity index (χ1n) is 4.16. The SMILES string of the molecule is CCC(C#N)S(=O)(=O)CCC(=O)OC. The van der Waals surface area contributed by atoms with E-state index in [-0.39, 0.29) is 18.6 Å². The Kier molecular flexibility index (Phi) is 5.16. The lowest BCUT2D eigenvalue weighted by molar-refractivity contribution is -0.140. The van der Waals surface area contributed by atoms with Crippen molar-refractivity contribution in [1.29, 1.82) is 5.26 Å². The number of rotatable bonds is 5. The van der Waals surface area contributed by atoms with Gasteiger partial charge < -0.3 is 4.74 Å². The predicted octanol–water partition coefficient (Wildman–Crippen LogP) is 0.266. The molecule has 0 fully saturated rings. The number of hydrogen-bond donors (Lipinski definition) is 0. The van der Waals surface area contributed by atoms with Crippen molar-refractivity contribution in [3.63, 3.8) is 0 Å². The van der Waals surface area contributed by atoms with Gasteiger partial charge in [0.1, 0.15) is 5.25 Å². The van der Waals surface area contributed by atoms with Crippen LogP contribution in [0.25, 0.3) is 0 Å². The van der Waals surface area contributed by atoms with Gasteiger partial charge in [0, 0.05) is 0 Å². The van der Waals surface area contributed by atoms with Crippen LogP contribution in [0.4, 0.5) is 0 Å². The molecule has 0 amide bonds. The number of methoxy groups -OCH3 is 1. The maximum absolute atomic E-state index is 11.4. The van der Waals surface area contributed by atoms with Gasteiger partial charge in [0.15, 0.2) is 9.84 Å². The summed E-state index contributed by atoms with van der Waals surface area (Å²) in [7, 11) is -2.30. The zero-order valence-electron chi connectivity index (χ0n) is 8.19. The van der Waals surface area contributed by atoms with E-state index in [1.165, 1.54) is 7.11 Å². The molecule has 0 aromatic rings. The molecule has 0 aliphatic heterocycles. The van der Waals surface area contributed by atoms with Gasteiger partial charge in [-0.2, -0.15) is 5.26 Å². The van der Waals surface area contributed by atoms with Gasteiger partial charge in [-0.1, -0.05) is 6.92 Å². The molecule has 0 aromatic heterocycles. The van der Waals surface area contributed by atoms with Crippen molar-refractivity contribution in [2.75, 3.05) is 12.9 Å². The molecule has 0 N–H and O–H groups in total. The van der Waals surface area contributed by atoms with E-state index in [1.54, 1.807) is 13.0 Å². The van der Waals surface area contributed by atoms with E-state index in [4.69, 9.17) is 5.26 Å². The van der Waals surface area contributed by atoms with Crippen molar-refractivity contribution in [3.05, 3.63) is 0 Å². The molecule has 5 nitrogen and oxygen atoms in total. The number of sulfone groups is 1. The van der Waals surface area contributed by atoms with E-state index in [0.717, 1.165) is 0 Å². The molecule has 0 saturated carbocycles. The van der Waals surface area contributed by atoms with Crippen molar-refractivity contribution in [1.82, 2.24) is 0 Å². The lowest BCUT2D eigenvalue weighted by Gasteiger charge is -2.06. The fourth-order valence-corrected chi connectivity index (χ4v) is 2.30. The molecule has 0 heterocycles. The summed E-state index contributed by atoms with van der Waals surface area (Å²) < 4.78 is 27.1. The van der Waals surface area contributed by atoms with E-state index in [1.807, 2.05) is 0 Å². The Morgan fingerprint density at radius 3 is 2.50 bits per heavy atom. The number of nitriles is 1. The maximum atomic E-state index is 11.4. The molecule has 0 radical (unpaired) electrons. The fraction of sp³-hybridized carbons (Fsp3) is 0.750. The minimum Gasteiger partial charge on any atom is -0.469 e. The highest BCUT2D eigenvalue weighted by Gasteiger charge is 2.24. The first-order valence-corrected chi connectivity index (χ1v) is 5.87. The Bertz CT molecular complexity index is 328. The Morgan fingerprint density at radius 1 is 1.57 bits per heavy atom. The Morgan fingerprint density at radius 2 is 2.14 bits per heavy atom. The monoisotopic (exact) mass is 219 g/mol. The van der Waals surface area contributed by atoms with Gasteiger partial charge in [0.25, 0.3) is 0 Å². The van der Waals surface area contributed by atoms with Crippen LogP contribution < -0.4 is 0 Å². The van der Waals surface area contributed by atoms with Crippen molar-refractivity contribution >= 4 is 15.8 Å². The predicted molar refractivity (Wildman–Crippen MR) is 50.1 cm³/mol. The van der Waals surface area contributed by atoms with E-state index in [9.17, 15) is 13.2 Å². The smallest absolute Gasteiger partial charge is 0.306 e. The summed E-state index contributed by atoms with van der Waals surface area (Å²) in [6.07, 6.45) is 0.0387. The van der Waals surface area contributed by atoms with Crippen LogP contribution in [0.5, 0.6) is 0 Å². The van der Waals surface area contributed by atoms with Gasteiger partial charge in [-0.25, -0.2) is 8.42 Å². The van der Waals surface area contributed by atoms with Crippen LogP contribution in [-0.2, 0) is 19.4 Å². The van der Waals surface area contributed by atoms with E-state index < -0.39 is 21.1 Å². The molecule has 6 heteroatoms. The van der Waals surface area contributed by atoms with Crippen molar-refractivity contribution < 1.29 is 17.9 Å². The molecule has 0 aromatic carbocycles. The number of carbonyl (C=O) groups is 1. The summed E-state index contributed by atoms with van der Waals surface area (Å²) in [5.41, 5.74) is 0. The van der Waals surface area contributed by atoms with Crippen LogP contribution in [0.2, 0.25) is 0 Å². The molecule has 0 bridgehead atoms. The van der Waals surface area contributed by atoms with Crippen LogP contribution in [0.3, 0.4) is 0 Å². The summed E-state index contributed by atoms with van der Waals surface area (Å²) >= 11 is 0. The zero-order valence-corrected chi connectivity index (χ0v) is 9.00. The summed E-state index contributed by atoms with van der Waals surface area (Å²) in [5.74, 6) is -0.910. The Balaban J connectivity index is 4.36. The van der Waals surface area contributed by atoms with E-state index in [2.05, 4.69) is 4.74 Å². The summed E-state index contributed by atoms with van der Waals surface area (Å²) in [6, 6.07) is 1.69.